The molecule has 5 nitrogen and oxygen atoms in total. The van der Waals surface area contributed by atoms with Gasteiger partial charge in [-0.3, -0.25) is 4.79 Å². The van der Waals surface area contributed by atoms with Crippen LogP contribution in [0.1, 0.15) is 22.6 Å². The largest absolute Gasteiger partial charge is 0.480 e. The Morgan fingerprint density at radius 3 is 2.00 bits per heavy atom. The van der Waals surface area contributed by atoms with Crippen LogP contribution >= 0.6 is 0 Å². The van der Waals surface area contributed by atoms with Gasteiger partial charge in [-0.15, -0.1) is 0 Å². The number of carboxylic acids is 1. The van der Waals surface area contributed by atoms with Crippen molar-refractivity contribution in [1.29, 1.82) is 0 Å². The molecule has 3 aromatic rings. The highest BCUT2D eigenvalue weighted by atomic mass is 16.5. The van der Waals surface area contributed by atoms with Crippen molar-refractivity contribution in [2.24, 2.45) is 0 Å². The van der Waals surface area contributed by atoms with Gasteiger partial charge in [0.05, 0.1) is 6.61 Å². The SMILES string of the molecule is O=C(COCc1ccccc1)N[C@H](C(=O)O)C1c2ccccc2-c2ccccc21. The minimum Gasteiger partial charge on any atom is -0.480 e. The van der Waals surface area contributed by atoms with E-state index in [1.54, 1.807) is 0 Å². The summed E-state index contributed by atoms with van der Waals surface area (Å²) in [6.07, 6.45) is 0. The fourth-order valence-corrected chi connectivity index (χ4v) is 3.89. The van der Waals surface area contributed by atoms with Gasteiger partial charge in [-0.1, -0.05) is 78.9 Å². The third-order valence-electron chi connectivity index (χ3n) is 5.14. The van der Waals surface area contributed by atoms with Gasteiger partial charge >= 0.3 is 5.97 Å². The number of ether oxygens (including phenoxy) is 1. The molecule has 3 aromatic carbocycles. The molecule has 5 heteroatoms. The Balaban J connectivity index is 1.51. The van der Waals surface area contributed by atoms with E-state index >= 15 is 0 Å². The van der Waals surface area contributed by atoms with Crippen LogP contribution in [0.3, 0.4) is 0 Å². The number of nitrogens with one attached hydrogen (secondary N) is 1. The van der Waals surface area contributed by atoms with E-state index < -0.39 is 23.8 Å². The quantitative estimate of drug-likeness (QED) is 0.650. The maximum Gasteiger partial charge on any atom is 0.327 e. The number of amides is 1. The summed E-state index contributed by atoms with van der Waals surface area (Å²) in [6, 6.07) is 23.9. The molecule has 0 saturated carbocycles. The lowest BCUT2D eigenvalue weighted by Crippen LogP contribution is -2.46. The van der Waals surface area contributed by atoms with E-state index in [0.29, 0.717) is 6.61 Å². The summed E-state index contributed by atoms with van der Waals surface area (Å²) in [4.78, 5) is 24.5. The van der Waals surface area contributed by atoms with Gasteiger partial charge in [0.15, 0.2) is 0 Å². The van der Waals surface area contributed by atoms with Gasteiger partial charge < -0.3 is 15.2 Å². The Morgan fingerprint density at radius 1 is 0.862 bits per heavy atom. The summed E-state index contributed by atoms with van der Waals surface area (Å²) in [6.45, 7) is 0.0930. The summed E-state index contributed by atoms with van der Waals surface area (Å²) >= 11 is 0. The van der Waals surface area contributed by atoms with Crippen LogP contribution < -0.4 is 5.32 Å². The lowest BCUT2D eigenvalue weighted by molar-refractivity contribution is -0.143. The zero-order valence-electron chi connectivity index (χ0n) is 15.7. The molecule has 1 atom stereocenters. The Hall–Kier alpha value is -3.44. The minimum absolute atomic E-state index is 0.200. The van der Waals surface area contributed by atoms with Crippen LogP contribution in [0.4, 0.5) is 0 Å². The molecule has 0 spiro atoms. The zero-order chi connectivity index (χ0) is 20.2. The smallest absolute Gasteiger partial charge is 0.327 e. The van der Waals surface area contributed by atoms with Crippen molar-refractivity contribution in [3.63, 3.8) is 0 Å². The predicted octanol–water partition coefficient (Wildman–Crippen LogP) is 3.59. The van der Waals surface area contributed by atoms with Crippen molar-refractivity contribution in [2.75, 3.05) is 6.61 Å². The molecule has 0 unspecified atom stereocenters. The van der Waals surface area contributed by atoms with E-state index in [1.807, 2.05) is 78.9 Å². The predicted molar refractivity (Wildman–Crippen MR) is 109 cm³/mol. The summed E-state index contributed by atoms with van der Waals surface area (Å²) in [7, 11) is 0. The van der Waals surface area contributed by atoms with Crippen LogP contribution in [0.5, 0.6) is 0 Å². The topological polar surface area (TPSA) is 75.6 Å². The number of hydrogen-bond acceptors (Lipinski definition) is 3. The first-order valence-electron chi connectivity index (χ1n) is 9.47. The summed E-state index contributed by atoms with van der Waals surface area (Å²) in [5.74, 6) is -1.97. The maximum absolute atomic E-state index is 12.4. The van der Waals surface area contributed by atoms with Gasteiger partial charge in [-0.05, 0) is 27.8 Å². The second-order valence-corrected chi connectivity index (χ2v) is 7.01. The highest BCUT2D eigenvalue weighted by molar-refractivity contribution is 5.89. The third-order valence-corrected chi connectivity index (χ3v) is 5.14. The second-order valence-electron chi connectivity index (χ2n) is 7.01. The van der Waals surface area contributed by atoms with E-state index in [2.05, 4.69) is 5.32 Å². The molecule has 0 aromatic heterocycles. The molecular formula is C24H21NO4. The number of aliphatic carboxylic acids is 1. The summed E-state index contributed by atoms with van der Waals surface area (Å²) < 4.78 is 5.46. The highest BCUT2D eigenvalue weighted by Gasteiger charge is 2.38. The molecule has 0 bridgehead atoms. The number of carbonyl (C=O) groups excluding carboxylic acids is 1. The molecule has 0 radical (unpaired) electrons. The van der Waals surface area contributed by atoms with Crippen LogP contribution in [-0.2, 0) is 20.9 Å². The number of carboxylic acid groups (broad SMARTS) is 1. The van der Waals surface area contributed by atoms with E-state index in [-0.39, 0.29) is 6.61 Å². The molecule has 0 saturated heterocycles. The first-order valence-corrected chi connectivity index (χ1v) is 9.47. The van der Waals surface area contributed by atoms with E-state index in [1.165, 1.54) is 0 Å². The van der Waals surface area contributed by atoms with Crippen molar-refractivity contribution in [2.45, 2.75) is 18.6 Å². The molecule has 1 aliphatic rings. The minimum atomic E-state index is -1.08. The molecule has 0 heterocycles. The summed E-state index contributed by atoms with van der Waals surface area (Å²) in [5, 5.41) is 12.5. The number of fused-ring (bicyclic) bond motifs is 3. The molecule has 29 heavy (non-hydrogen) atoms. The van der Waals surface area contributed by atoms with Crippen molar-refractivity contribution in [1.82, 2.24) is 5.32 Å². The highest BCUT2D eigenvalue weighted by Crippen LogP contribution is 2.46. The number of hydrogen-bond donors (Lipinski definition) is 2. The Labute approximate surface area is 169 Å². The van der Waals surface area contributed by atoms with Crippen molar-refractivity contribution in [3.05, 3.63) is 95.6 Å². The third kappa shape index (κ3) is 3.91. The van der Waals surface area contributed by atoms with Gasteiger partial charge in [-0.2, -0.15) is 0 Å². The van der Waals surface area contributed by atoms with Crippen molar-refractivity contribution in [3.8, 4) is 11.1 Å². The second kappa shape index (κ2) is 8.29. The van der Waals surface area contributed by atoms with Crippen LogP contribution in [0, 0.1) is 0 Å². The van der Waals surface area contributed by atoms with Crippen molar-refractivity contribution < 1.29 is 19.4 Å². The Bertz CT molecular complexity index is 986. The fraction of sp³-hybridized carbons (Fsp3) is 0.167. The number of benzene rings is 3. The van der Waals surface area contributed by atoms with E-state index in [0.717, 1.165) is 27.8 Å². The van der Waals surface area contributed by atoms with Gasteiger partial charge in [0.2, 0.25) is 5.91 Å². The number of rotatable bonds is 7. The standard InChI is InChI=1S/C24H21NO4/c26-21(15-29-14-16-8-2-1-3-9-16)25-23(24(27)28)22-19-12-6-4-10-17(19)18-11-5-7-13-20(18)22/h1-13,22-23H,14-15H2,(H,25,26)(H,27,28)/t23-/m0/s1. The molecular weight excluding hydrogens is 366 g/mol. The molecule has 0 fully saturated rings. The van der Waals surface area contributed by atoms with Gasteiger partial charge in [0.25, 0.3) is 0 Å². The van der Waals surface area contributed by atoms with Crippen LogP contribution in [0.15, 0.2) is 78.9 Å². The molecule has 146 valence electrons. The first-order chi connectivity index (χ1) is 14.1. The van der Waals surface area contributed by atoms with Crippen molar-refractivity contribution >= 4 is 11.9 Å². The van der Waals surface area contributed by atoms with E-state index in [9.17, 15) is 14.7 Å². The fourth-order valence-electron chi connectivity index (χ4n) is 3.89. The first kappa shape index (κ1) is 18.9. The lowest BCUT2D eigenvalue weighted by Gasteiger charge is -2.23. The normalized spacial score (nSPS) is 13.4. The molecule has 1 amide bonds. The van der Waals surface area contributed by atoms with Gasteiger partial charge in [-0.25, -0.2) is 4.79 Å². The molecule has 1 aliphatic carbocycles. The van der Waals surface area contributed by atoms with Crippen LogP contribution in [0.2, 0.25) is 0 Å². The van der Waals surface area contributed by atoms with Gasteiger partial charge in [0, 0.05) is 5.92 Å². The zero-order valence-corrected chi connectivity index (χ0v) is 15.7. The lowest BCUT2D eigenvalue weighted by atomic mass is 9.89. The molecule has 4 rings (SSSR count). The average molecular weight is 387 g/mol. The number of carbonyl (C=O) groups is 2. The van der Waals surface area contributed by atoms with Crippen LogP contribution in [-0.4, -0.2) is 29.6 Å². The van der Waals surface area contributed by atoms with E-state index in [4.69, 9.17) is 4.74 Å². The average Bonchev–Trinajstić information content (AvgIpc) is 3.07. The molecule has 0 aliphatic heterocycles. The van der Waals surface area contributed by atoms with Crippen LogP contribution in [0.25, 0.3) is 11.1 Å². The Kier molecular flexibility index (Phi) is 5.40. The molecule has 2 N–H and O–H groups in total. The maximum atomic E-state index is 12.4. The Morgan fingerprint density at radius 2 is 1.41 bits per heavy atom. The summed E-state index contributed by atoms with van der Waals surface area (Å²) in [5.41, 5.74) is 4.79. The van der Waals surface area contributed by atoms with Gasteiger partial charge in [0.1, 0.15) is 12.6 Å². The monoisotopic (exact) mass is 387 g/mol.